The Labute approximate surface area is 107 Å². The van der Waals surface area contributed by atoms with Crippen LogP contribution in [0.4, 0.5) is 0 Å². The molecule has 0 aliphatic rings. The van der Waals surface area contributed by atoms with Crippen molar-refractivity contribution in [3.63, 3.8) is 0 Å². The summed E-state index contributed by atoms with van der Waals surface area (Å²) in [6, 6.07) is 4.41. The van der Waals surface area contributed by atoms with Crippen LogP contribution in [0.25, 0.3) is 0 Å². The van der Waals surface area contributed by atoms with E-state index in [1.54, 1.807) is 7.11 Å². The average Bonchev–Trinajstić information content (AvgIpc) is 2.14. The minimum absolute atomic E-state index is 0.216. The van der Waals surface area contributed by atoms with Crippen molar-refractivity contribution in [2.45, 2.75) is 39.4 Å². The number of methoxy groups -OCH3 is 1. The highest BCUT2D eigenvalue weighted by Gasteiger charge is 2.24. The molecule has 90 valence electrons. The zero-order valence-electron chi connectivity index (χ0n) is 11.0. The van der Waals surface area contributed by atoms with Crippen molar-refractivity contribution in [1.29, 1.82) is 0 Å². The van der Waals surface area contributed by atoms with E-state index in [4.69, 9.17) is 4.74 Å². The van der Waals surface area contributed by atoms with Crippen molar-refractivity contribution in [2.75, 3.05) is 7.11 Å². The fourth-order valence-corrected chi connectivity index (χ4v) is 2.22. The maximum Gasteiger partial charge on any atom is 0.124 e. The highest BCUT2D eigenvalue weighted by atomic mass is 79.9. The second-order valence-corrected chi connectivity index (χ2v) is 6.33. The van der Waals surface area contributed by atoms with E-state index >= 15 is 0 Å². The standard InChI is InChI=1S/C14H21BrO/c1-9-7-11(13(15)14(3,4)5)8-10(2)12(9)16-6/h7-8,13H,1-6H3. The van der Waals surface area contributed by atoms with Gasteiger partial charge in [-0.2, -0.15) is 0 Å². The third-order valence-electron chi connectivity index (χ3n) is 2.74. The number of ether oxygens (including phenoxy) is 1. The van der Waals surface area contributed by atoms with E-state index in [-0.39, 0.29) is 5.41 Å². The zero-order valence-corrected chi connectivity index (χ0v) is 12.6. The molecule has 0 aliphatic heterocycles. The van der Waals surface area contributed by atoms with Gasteiger partial charge in [-0.1, -0.05) is 48.8 Å². The SMILES string of the molecule is COc1c(C)cc(C(Br)C(C)(C)C)cc1C. The van der Waals surface area contributed by atoms with E-state index in [0.717, 1.165) is 5.75 Å². The second-order valence-electron chi connectivity index (χ2n) is 5.42. The molecule has 0 fully saturated rings. The van der Waals surface area contributed by atoms with Crippen LogP contribution < -0.4 is 4.74 Å². The van der Waals surface area contributed by atoms with Crippen LogP contribution in [0.5, 0.6) is 5.75 Å². The summed E-state index contributed by atoms with van der Waals surface area (Å²) in [5.74, 6) is 0.998. The molecule has 1 atom stereocenters. The molecular weight excluding hydrogens is 264 g/mol. The molecule has 0 saturated carbocycles. The summed E-state index contributed by atoms with van der Waals surface area (Å²) < 4.78 is 5.38. The van der Waals surface area contributed by atoms with Gasteiger partial charge >= 0.3 is 0 Å². The summed E-state index contributed by atoms with van der Waals surface area (Å²) in [7, 11) is 1.73. The Morgan fingerprint density at radius 3 is 1.88 bits per heavy atom. The zero-order chi connectivity index (χ0) is 12.5. The number of hydrogen-bond acceptors (Lipinski definition) is 1. The fraction of sp³-hybridized carbons (Fsp3) is 0.571. The maximum absolute atomic E-state index is 5.38. The van der Waals surface area contributed by atoms with Gasteiger partial charge in [0.2, 0.25) is 0 Å². The van der Waals surface area contributed by atoms with Gasteiger partial charge in [-0.05, 0) is 36.0 Å². The molecule has 0 radical (unpaired) electrons. The highest BCUT2D eigenvalue weighted by Crippen LogP contribution is 2.41. The Morgan fingerprint density at radius 2 is 1.56 bits per heavy atom. The molecule has 0 aliphatic carbocycles. The van der Waals surface area contributed by atoms with E-state index in [9.17, 15) is 0 Å². The first kappa shape index (κ1) is 13.6. The first-order chi connectivity index (χ1) is 7.27. The monoisotopic (exact) mass is 284 g/mol. The smallest absolute Gasteiger partial charge is 0.124 e. The normalized spacial score (nSPS) is 13.7. The van der Waals surface area contributed by atoms with Crippen molar-refractivity contribution in [3.8, 4) is 5.75 Å². The Hall–Kier alpha value is -0.500. The Balaban J connectivity index is 3.19. The number of benzene rings is 1. The van der Waals surface area contributed by atoms with E-state index in [0.29, 0.717) is 4.83 Å². The quantitative estimate of drug-likeness (QED) is 0.710. The van der Waals surface area contributed by atoms with Crippen molar-refractivity contribution in [1.82, 2.24) is 0 Å². The summed E-state index contributed by atoms with van der Waals surface area (Å²) in [5, 5.41) is 0. The van der Waals surface area contributed by atoms with Gasteiger partial charge in [0.05, 0.1) is 7.11 Å². The molecule has 1 unspecified atom stereocenters. The molecule has 1 aromatic carbocycles. The summed E-state index contributed by atoms with van der Waals surface area (Å²) in [4.78, 5) is 0.364. The van der Waals surface area contributed by atoms with Crippen LogP contribution in [0.2, 0.25) is 0 Å². The largest absolute Gasteiger partial charge is 0.496 e. The Bertz CT molecular complexity index is 354. The van der Waals surface area contributed by atoms with Gasteiger partial charge in [0.15, 0.2) is 0 Å². The topological polar surface area (TPSA) is 9.23 Å². The molecule has 1 rings (SSSR count). The lowest BCUT2D eigenvalue weighted by atomic mass is 9.87. The van der Waals surface area contributed by atoms with Crippen molar-refractivity contribution >= 4 is 15.9 Å². The van der Waals surface area contributed by atoms with E-state index in [2.05, 4.69) is 62.7 Å². The van der Waals surface area contributed by atoms with E-state index < -0.39 is 0 Å². The molecule has 2 heteroatoms. The number of aryl methyl sites for hydroxylation is 2. The van der Waals surface area contributed by atoms with Crippen LogP contribution in [0.3, 0.4) is 0 Å². The first-order valence-corrected chi connectivity index (χ1v) is 6.48. The second kappa shape index (κ2) is 4.79. The molecule has 0 aromatic heterocycles. The lowest BCUT2D eigenvalue weighted by molar-refractivity contribution is 0.400. The lowest BCUT2D eigenvalue weighted by Gasteiger charge is -2.27. The van der Waals surface area contributed by atoms with Gasteiger partial charge in [0, 0.05) is 4.83 Å². The summed E-state index contributed by atoms with van der Waals surface area (Å²) in [6.45, 7) is 10.9. The Kier molecular flexibility index (Phi) is 4.06. The van der Waals surface area contributed by atoms with Crippen molar-refractivity contribution < 1.29 is 4.74 Å². The predicted molar refractivity (Wildman–Crippen MR) is 73.6 cm³/mol. The molecule has 0 saturated heterocycles. The summed E-state index contributed by atoms with van der Waals surface area (Å²) >= 11 is 3.78. The lowest BCUT2D eigenvalue weighted by Crippen LogP contribution is -2.13. The van der Waals surface area contributed by atoms with Gasteiger partial charge in [-0.15, -0.1) is 0 Å². The van der Waals surface area contributed by atoms with Crippen LogP contribution in [-0.4, -0.2) is 7.11 Å². The van der Waals surface area contributed by atoms with Gasteiger partial charge in [-0.25, -0.2) is 0 Å². The number of hydrogen-bond donors (Lipinski definition) is 0. The van der Waals surface area contributed by atoms with Crippen LogP contribution in [-0.2, 0) is 0 Å². The predicted octanol–water partition coefficient (Wildman–Crippen LogP) is 4.79. The number of rotatable bonds is 2. The highest BCUT2D eigenvalue weighted by molar-refractivity contribution is 9.09. The maximum atomic E-state index is 5.38. The van der Waals surface area contributed by atoms with E-state index in [1.807, 2.05) is 0 Å². The van der Waals surface area contributed by atoms with Crippen LogP contribution in [0, 0.1) is 19.3 Å². The Morgan fingerprint density at radius 1 is 1.12 bits per heavy atom. The fourth-order valence-electron chi connectivity index (χ4n) is 1.95. The minimum atomic E-state index is 0.216. The van der Waals surface area contributed by atoms with Crippen LogP contribution >= 0.6 is 15.9 Å². The minimum Gasteiger partial charge on any atom is -0.496 e. The van der Waals surface area contributed by atoms with Gasteiger partial charge in [0.1, 0.15) is 5.75 Å². The molecule has 16 heavy (non-hydrogen) atoms. The van der Waals surface area contributed by atoms with Gasteiger partial charge in [-0.3, -0.25) is 0 Å². The van der Waals surface area contributed by atoms with Gasteiger partial charge in [0.25, 0.3) is 0 Å². The average molecular weight is 285 g/mol. The molecule has 1 aromatic rings. The van der Waals surface area contributed by atoms with E-state index in [1.165, 1.54) is 16.7 Å². The third kappa shape index (κ3) is 2.79. The third-order valence-corrected chi connectivity index (χ3v) is 4.64. The molecule has 0 bridgehead atoms. The van der Waals surface area contributed by atoms with Crippen LogP contribution in [0.1, 0.15) is 42.3 Å². The molecular formula is C14H21BrO. The van der Waals surface area contributed by atoms with Gasteiger partial charge < -0.3 is 4.74 Å². The van der Waals surface area contributed by atoms with Crippen molar-refractivity contribution in [2.24, 2.45) is 5.41 Å². The number of halogens is 1. The summed E-state index contributed by atoms with van der Waals surface area (Å²) in [6.07, 6.45) is 0. The van der Waals surface area contributed by atoms with Crippen molar-refractivity contribution in [3.05, 3.63) is 28.8 Å². The molecule has 0 heterocycles. The molecule has 1 nitrogen and oxygen atoms in total. The van der Waals surface area contributed by atoms with Crippen LogP contribution in [0.15, 0.2) is 12.1 Å². The number of alkyl halides is 1. The molecule has 0 N–H and O–H groups in total. The molecule has 0 spiro atoms. The first-order valence-electron chi connectivity index (χ1n) is 5.56. The summed E-state index contributed by atoms with van der Waals surface area (Å²) in [5.41, 5.74) is 3.94. The molecule has 0 amide bonds.